The molecule has 0 bridgehead atoms. The maximum Gasteiger partial charge on any atom is 0.127 e. The Balaban J connectivity index is 2.43. The van der Waals surface area contributed by atoms with Crippen molar-refractivity contribution in [2.24, 2.45) is 0 Å². The molecule has 1 unspecified atom stereocenters. The molecule has 2 nitrogen and oxygen atoms in total. The Morgan fingerprint density at radius 3 is 2.81 bits per heavy atom. The molecule has 1 aromatic rings. The van der Waals surface area contributed by atoms with E-state index in [0.717, 1.165) is 16.9 Å². The Morgan fingerprint density at radius 2 is 2.06 bits per heavy atom. The van der Waals surface area contributed by atoms with Crippen molar-refractivity contribution in [2.75, 3.05) is 0 Å². The second-order valence-electron chi connectivity index (χ2n) is 5.02. The van der Waals surface area contributed by atoms with Gasteiger partial charge in [0.25, 0.3) is 0 Å². The molecule has 1 atom stereocenters. The van der Waals surface area contributed by atoms with Gasteiger partial charge < -0.3 is 9.84 Å². The van der Waals surface area contributed by atoms with E-state index in [4.69, 9.17) is 4.74 Å². The average molecular weight is 218 g/mol. The maximum atomic E-state index is 9.90. The van der Waals surface area contributed by atoms with Gasteiger partial charge in [-0.2, -0.15) is 0 Å². The molecule has 16 heavy (non-hydrogen) atoms. The third-order valence-corrected chi connectivity index (χ3v) is 2.86. The quantitative estimate of drug-likeness (QED) is 0.725. The normalized spacial score (nSPS) is 23.9. The van der Waals surface area contributed by atoms with Crippen molar-refractivity contribution in [3.8, 4) is 5.75 Å². The van der Waals surface area contributed by atoms with Gasteiger partial charge in [0.1, 0.15) is 11.4 Å². The molecule has 0 aliphatic carbocycles. The predicted molar refractivity (Wildman–Crippen MR) is 65.4 cm³/mol. The minimum atomic E-state index is -0.379. The van der Waals surface area contributed by atoms with Gasteiger partial charge in [-0.25, -0.2) is 0 Å². The number of hydrogen-bond donors (Lipinski definition) is 1. The third kappa shape index (κ3) is 2.27. The van der Waals surface area contributed by atoms with Gasteiger partial charge in [0, 0.05) is 12.0 Å². The summed E-state index contributed by atoms with van der Waals surface area (Å²) in [5.41, 5.74) is 1.61. The van der Waals surface area contributed by atoms with Crippen molar-refractivity contribution < 1.29 is 9.84 Å². The summed E-state index contributed by atoms with van der Waals surface area (Å²) >= 11 is 0. The lowest BCUT2D eigenvalue weighted by molar-refractivity contribution is 0.0371. The zero-order valence-corrected chi connectivity index (χ0v) is 9.86. The predicted octanol–water partition coefficient (Wildman–Crippen LogP) is 3.01. The number of para-hydroxylation sites is 1. The van der Waals surface area contributed by atoms with Gasteiger partial charge in [0.05, 0.1) is 6.10 Å². The molecule has 2 rings (SSSR count). The van der Waals surface area contributed by atoms with Crippen LogP contribution in [0.3, 0.4) is 0 Å². The van der Waals surface area contributed by atoms with E-state index in [2.05, 4.69) is 6.58 Å². The first-order chi connectivity index (χ1) is 7.48. The second kappa shape index (κ2) is 3.95. The Hall–Kier alpha value is -1.28. The smallest absolute Gasteiger partial charge is 0.127 e. The number of rotatable bonds is 0. The van der Waals surface area contributed by atoms with E-state index in [1.54, 1.807) is 0 Å². The largest absolute Gasteiger partial charge is 0.487 e. The summed E-state index contributed by atoms with van der Waals surface area (Å²) in [6.07, 6.45) is 0.861. The number of aliphatic hydroxyl groups is 1. The SMILES string of the molecule is C=C1CC(O)CC(C)(C)Oc2ccccc21. The van der Waals surface area contributed by atoms with Gasteiger partial charge >= 0.3 is 0 Å². The van der Waals surface area contributed by atoms with Crippen LogP contribution >= 0.6 is 0 Å². The number of hydrogen-bond acceptors (Lipinski definition) is 2. The number of fused-ring (bicyclic) bond motifs is 1. The zero-order chi connectivity index (χ0) is 11.8. The van der Waals surface area contributed by atoms with E-state index in [0.29, 0.717) is 12.8 Å². The van der Waals surface area contributed by atoms with Crippen LogP contribution in [0.5, 0.6) is 5.75 Å². The number of ether oxygens (including phenoxy) is 1. The molecule has 0 fully saturated rings. The molecule has 0 radical (unpaired) electrons. The van der Waals surface area contributed by atoms with E-state index in [9.17, 15) is 5.11 Å². The van der Waals surface area contributed by atoms with Crippen LogP contribution in [0.4, 0.5) is 0 Å². The summed E-state index contributed by atoms with van der Waals surface area (Å²) in [6.45, 7) is 8.02. The van der Waals surface area contributed by atoms with Crippen molar-refractivity contribution in [1.29, 1.82) is 0 Å². The van der Waals surface area contributed by atoms with Crippen LogP contribution < -0.4 is 4.74 Å². The van der Waals surface area contributed by atoms with Crippen molar-refractivity contribution in [3.63, 3.8) is 0 Å². The van der Waals surface area contributed by atoms with Crippen molar-refractivity contribution in [1.82, 2.24) is 0 Å². The minimum Gasteiger partial charge on any atom is -0.487 e. The first kappa shape index (κ1) is 11.2. The summed E-state index contributed by atoms with van der Waals surface area (Å²) in [5.74, 6) is 0.865. The molecule has 1 aliphatic heterocycles. The highest BCUT2D eigenvalue weighted by molar-refractivity contribution is 5.69. The summed E-state index contributed by atoms with van der Waals surface area (Å²) in [7, 11) is 0. The molecule has 0 saturated carbocycles. The highest BCUT2D eigenvalue weighted by atomic mass is 16.5. The van der Waals surface area contributed by atoms with Crippen LogP contribution in [-0.2, 0) is 0 Å². The van der Waals surface area contributed by atoms with Gasteiger partial charge in [0.15, 0.2) is 0 Å². The highest BCUT2D eigenvalue weighted by Crippen LogP contribution is 2.35. The van der Waals surface area contributed by atoms with Crippen LogP contribution in [0.1, 0.15) is 32.3 Å². The van der Waals surface area contributed by atoms with Crippen LogP contribution in [-0.4, -0.2) is 16.8 Å². The Kier molecular flexibility index (Phi) is 2.76. The fraction of sp³-hybridized carbons (Fsp3) is 0.429. The van der Waals surface area contributed by atoms with Crippen LogP contribution in [0, 0.1) is 0 Å². The Labute approximate surface area is 96.6 Å². The van der Waals surface area contributed by atoms with Crippen molar-refractivity contribution in [3.05, 3.63) is 36.4 Å². The fourth-order valence-electron chi connectivity index (χ4n) is 2.22. The lowest BCUT2D eigenvalue weighted by Crippen LogP contribution is -2.34. The number of aliphatic hydroxyl groups excluding tert-OH is 1. The third-order valence-electron chi connectivity index (χ3n) is 2.86. The summed E-state index contributed by atoms with van der Waals surface area (Å²) in [4.78, 5) is 0. The average Bonchev–Trinajstić information content (AvgIpc) is 2.14. The van der Waals surface area contributed by atoms with Crippen LogP contribution in [0.25, 0.3) is 5.57 Å². The molecule has 2 heteroatoms. The monoisotopic (exact) mass is 218 g/mol. The molecule has 0 aromatic heterocycles. The summed E-state index contributed by atoms with van der Waals surface area (Å²) < 4.78 is 5.94. The van der Waals surface area contributed by atoms with E-state index in [-0.39, 0.29) is 11.7 Å². The maximum absolute atomic E-state index is 9.90. The standard InChI is InChI=1S/C14H18O2/c1-10-8-11(15)9-14(2,3)16-13-7-5-4-6-12(10)13/h4-7,11,15H,1,8-9H2,2-3H3. The molecule has 1 aromatic carbocycles. The van der Waals surface area contributed by atoms with Gasteiger partial charge in [-0.05, 0) is 31.9 Å². The van der Waals surface area contributed by atoms with Crippen LogP contribution in [0.2, 0.25) is 0 Å². The minimum absolute atomic E-state index is 0.337. The van der Waals surface area contributed by atoms with Gasteiger partial charge in [0.2, 0.25) is 0 Å². The summed E-state index contributed by atoms with van der Waals surface area (Å²) in [5, 5.41) is 9.90. The molecular weight excluding hydrogens is 200 g/mol. The molecule has 1 heterocycles. The number of benzene rings is 1. The fourth-order valence-corrected chi connectivity index (χ4v) is 2.22. The molecular formula is C14H18O2. The van der Waals surface area contributed by atoms with E-state index >= 15 is 0 Å². The second-order valence-corrected chi connectivity index (χ2v) is 5.02. The van der Waals surface area contributed by atoms with E-state index in [1.165, 1.54) is 0 Å². The zero-order valence-electron chi connectivity index (χ0n) is 9.86. The lowest BCUT2D eigenvalue weighted by atomic mass is 9.91. The molecule has 1 aliphatic rings. The van der Waals surface area contributed by atoms with E-state index < -0.39 is 0 Å². The Morgan fingerprint density at radius 1 is 1.38 bits per heavy atom. The van der Waals surface area contributed by atoms with Crippen LogP contribution in [0.15, 0.2) is 30.8 Å². The first-order valence-corrected chi connectivity index (χ1v) is 5.62. The first-order valence-electron chi connectivity index (χ1n) is 5.62. The topological polar surface area (TPSA) is 29.5 Å². The molecule has 0 spiro atoms. The molecule has 0 amide bonds. The van der Waals surface area contributed by atoms with Gasteiger partial charge in [-0.15, -0.1) is 0 Å². The Bertz CT molecular complexity index is 407. The van der Waals surface area contributed by atoms with Gasteiger partial charge in [-0.1, -0.05) is 24.8 Å². The highest BCUT2D eigenvalue weighted by Gasteiger charge is 2.28. The van der Waals surface area contributed by atoms with Crippen molar-refractivity contribution in [2.45, 2.75) is 38.4 Å². The molecule has 1 N–H and O–H groups in total. The molecule has 86 valence electrons. The lowest BCUT2D eigenvalue weighted by Gasteiger charge is -2.32. The van der Waals surface area contributed by atoms with Crippen molar-refractivity contribution >= 4 is 5.57 Å². The van der Waals surface area contributed by atoms with Gasteiger partial charge in [-0.3, -0.25) is 0 Å². The molecule has 0 saturated heterocycles. The van der Waals surface area contributed by atoms with E-state index in [1.807, 2.05) is 38.1 Å². The summed E-state index contributed by atoms with van der Waals surface area (Å²) in [6, 6.07) is 7.88.